The maximum Gasteiger partial charge on any atom is 0.380 e. The van der Waals surface area contributed by atoms with Crippen LogP contribution in [0.4, 0.5) is 8.78 Å². The average Bonchev–Trinajstić information content (AvgIpc) is 2.77. The van der Waals surface area contributed by atoms with Crippen molar-refractivity contribution in [2.24, 2.45) is 0 Å². The zero-order chi connectivity index (χ0) is 13.9. The second-order valence-corrected chi connectivity index (χ2v) is 4.09. The second kappa shape index (κ2) is 5.43. The Morgan fingerprint density at radius 3 is 2.67 bits per heavy atom. The van der Waals surface area contributed by atoms with E-state index in [0.717, 1.165) is 6.20 Å². The summed E-state index contributed by atoms with van der Waals surface area (Å²) in [6.45, 7) is 4.86. The van der Waals surface area contributed by atoms with Crippen LogP contribution in [0.15, 0.2) is 12.4 Å². The molecule has 1 N–H and O–H groups in total. The highest BCUT2D eigenvalue weighted by Crippen LogP contribution is 2.32. The van der Waals surface area contributed by atoms with Gasteiger partial charge in [0.1, 0.15) is 0 Å². The lowest BCUT2D eigenvalue weighted by Crippen LogP contribution is -2.37. The van der Waals surface area contributed by atoms with Crippen molar-refractivity contribution < 1.29 is 23.4 Å². The first-order valence-corrected chi connectivity index (χ1v) is 5.57. The minimum atomic E-state index is -3.99. The van der Waals surface area contributed by atoms with Crippen LogP contribution in [-0.2, 0) is 9.53 Å². The van der Waals surface area contributed by atoms with Crippen LogP contribution in [0.3, 0.4) is 0 Å². The van der Waals surface area contributed by atoms with Crippen molar-refractivity contribution in [1.82, 2.24) is 9.78 Å². The Bertz CT molecular complexity index is 418. The first-order valence-electron chi connectivity index (χ1n) is 5.57. The minimum absolute atomic E-state index is 0.0258. The molecule has 0 amide bonds. The largest absolute Gasteiger partial charge is 0.461 e. The number of carbonyl (C=O) groups is 1. The lowest BCUT2D eigenvalue weighted by Gasteiger charge is -2.19. The van der Waals surface area contributed by atoms with Crippen molar-refractivity contribution >= 4 is 5.97 Å². The topological polar surface area (TPSA) is 64.3 Å². The molecule has 18 heavy (non-hydrogen) atoms. The van der Waals surface area contributed by atoms with Crippen LogP contribution in [-0.4, -0.2) is 33.4 Å². The number of nitrogens with zero attached hydrogens (tertiary/aromatic N) is 2. The lowest BCUT2D eigenvalue weighted by molar-refractivity contribution is -0.189. The molecule has 0 fully saturated rings. The second-order valence-electron chi connectivity index (χ2n) is 4.09. The quantitative estimate of drug-likeness (QED) is 0.820. The number of rotatable bonds is 5. The fraction of sp³-hybridized carbons (Fsp3) is 0.636. The van der Waals surface area contributed by atoms with Gasteiger partial charge in [-0.2, -0.15) is 13.9 Å². The Morgan fingerprint density at radius 1 is 1.61 bits per heavy atom. The summed E-state index contributed by atoms with van der Waals surface area (Å²) in [4.78, 5) is 11.1. The van der Waals surface area contributed by atoms with Gasteiger partial charge >= 0.3 is 11.9 Å². The van der Waals surface area contributed by atoms with Crippen molar-refractivity contribution in [2.45, 2.75) is 38.8 Å². The first-order chi connectivity index (χ1) is 8.30. The molecule has 0 aliphatic rings. The molecule has 0 spiro atoms. The van der Waals surface area contributed by atoms with Gasteiger partial charge in [-0.3, -0.25) is 4.68 Å². The Balaban J connectivity index is 2.90. The van der Waals surface area contributed by atoms with Crippen LogP contribution >= 0.6 is 0 Å². The van der Waals surface area contributed by atoms with E-state index >= 15 is 0 Å². The van der Waals surface area contributed by atoms with Gasteiger partial charge in [0.2, 0.25) is 0 Å². The molecule has 0 radical (unpaired) electrons. The van der Waals surface area contributed by atoms with Crippen molar-refractivity contribution in [3.05, 3.63) is 18.0 Å². The molecule has 0 aromatic carbocycles. The maximum atomic E-state index is 13.5. The van der Waals surface area contributed by atoms with Gasteiger partial charge in [-0.15, -0.1) is 0 Å². The molecule has 0 saturated carbocycles. The molecule has 0 aliphatic carbocycles. The number of esters is 1. The van der Waals surface area contributed by atoms with Crippen LogP contribution < -0.4 is 0 Å². The van der Waals surface area contributed by atoms with Gasteiger partial charge in [-0.25, -0.2) is 4.79 Å². The third kappa shape index (κ3) is 2.84. The molecule has 1 unspecified atom stereocenters. The molecule has 1 aromatic heterocycles. The zero-order valence-corrected chi connectivity index (χ0v) is 10.4. The van der Waals surface area contributed by atoms with E-state index in [1.54, 1.807) is 0 Å². The third-order valence-corrected chi connectivity index (χ3v) is 2.36. The fourth-order valence-corrected chi connectivity index (χ4v) is 1.32. The number of aliphatic hydroxyl groups is 1. The van der Waals surface area contributed by atoms with Gasteiger partial charge in [0.25, 0.3) is 0 Å². The van der Waals surface area contributed by atoms with Crippen molar-refractivity contribution in [3.63, 3.8) is 0 Å². The molecule has 1 atom stereocenters. The third-order valence-electron chi connectivity index (χ3n) is 2.36. The van der Waals surface area contributed by atoms with Crippen LogP contribution in [0.1, 0.15) is 38.5 Å². The molecular weight excluding hydrogens is 246 g/mol. The van der Waals surface area contributed by atoms with E-state index in [0.29, 0.717) is 0 Å². The smallest absolute Gasteiger partial charge is 0.380 e. The summed E-state index contributed by atoms with van der Waals surface area (Å²) < 4.78 is 32.7. The van der Waals surface area contributed by atoms with Crippen molar-refractivity contribution in [1.29, 1.82) is 0 Å². The van der Waals surface area contributed by atoms with Gasteiger partial charge < -0.3 is 9.84 Å². The van der Waals surface area contributed by atoms with E-state index in [4.69, 9.17) is 0 Å². The van der Waals surface area contributed by atoms with E-state index in [1.165, 1.54) is 17.8 Å². The molecular formula is C11H16F2N2O3. The van der Waals surface area contributed by atoms with E-state index in [2.05, 4.69) is 9.84 Å². The standard InChI is InChI=1S/C11H16F2N2O3/c1-4-18-10(17)11(12,13)9(16)8-5-14-15(6-8)7(2)3/h5-7,9,16H,4H2,1-3H3. The highest BCUT2D eigenvalue weighted by atomic mass is 19.3. The Kier molecular flexibility index (Phi) is 4.39. The number of carbonyl (C=O) groups excluding carboxylic acids is 1. The summed E-state index contributed by atoms with van der Waals surface area (Å²) in [5.74, 6) is -5.73. The van der Waals surface area contributed by atoms with E-state index in [9.17, 15) is 18.7 Å². The Labute approximate surface area is 103 Å². The van der Waals surface area contributed by atoms with Crippen LogP contribution in [0, 0.1) is 0 Å². The number of hydrogen-bond donors (Lipinski definition) is 1. The molecule has 7 heteroatoms. The predicted molar refractivity (Wildman–Crippen MR) is 59.2 cm³/mol. The van der Waals surface area contributed by atoms with Crippen molar-refractivity contribution in [2.75, 3.05) is 6.61 Å². The molecule has 102 valence electrons. The molecule has 1 rings (SSSR count). The normalized spacial score (nSPS) is 13.7. The summed E-state index contributed by atoms with van der Waals surface area (Å²) in [5.41, 5.74) is -0.123. The molecule has 0 saturated heterocycles. The predicted octanol–water partition coefficient (Wildman–Crippen LogP) is 1.70. The average molecular weight is 262 g/mol. The number of ether oxygens (including phenoxy) is 1. The van der Waals surface area contributed by atoms with E-state index in [1.807, 2.05) is 13.8 Å². The molecule has 5 nitrogen and oxygen atoms in total. The summed E-state index contributed by atoms with van der Waals surface area (Å²) in [7, 11) is 0. The number of hydrogen-bond acceptors (Lipinski definition) is 4. The van der Waals surface area contributed by atoms with Crippen LogP contribution in [0.2, 0.25) is 0 Å². The summed E-state index contributed by atoms with van der Waals surface area (Å²) >= 11 is 0. The number of halogens is 2. The van der Waals surface area contributed by atoms with Gasteiger partial charge in [0, 0.05) is 17.8 Å². The zero-order valence-electron chi connectivity index (χ0n) is 10.4. The van der Waals surface area contributed by atoms with E-state index in [-0.39, 0.29) is 18.2 Å². The Morgan fingerprint density at radius 2 is 2.22 bits per heavy atom. The number of alkyl halides is 2. The van der Waals surface area contributed by atoms with E-state index < -0.39 is 18.0 Å². The molecule has 1 aromatic rings. The summed E-state index contributed by atoms with van der Waals surface area (Å²) in [6.07, 6.45) is 0.129. The fourth-order valence-electron chi connectivity index (χ4n) is 1.32. The lowest BCUT2D eigenvalue weighted by atomic mass is 10.1. The van der Waals surface area contributed by atoms with Crippen LogP contribution in [0.25, 0.3) is 0 Å². The van der Waals surface area contributed by atoms with Gasteiger partial charge in [-0.05, 0) is 20.8 Å². The first kappa shape index (κ1) is 14.6. The molecule has 0 aliphatic heterocycles. The van der Waals surface area contributed by atoms with Crippen LogP contribution in [0.5, 0.6) is 0 Å². The van der Waals surface area contributed by atoms with Gasteiger partial charge in [0.15, 0.2) is 6.10 Å². The number of aromatic nitrogens is 2. The maximum absolute atomic E-state index is 13.5. The molecule has 0 bridgehead atoms. The summed E-state index contributed by atoms with van der Waals surface area (Å²) in [5, 5.41) is 13.4. The number of aliphatic hydroxyl groups excluding tert-OH is 1. The summed E-state index contributed by atoms with van der Waals surface area (Å²) in [6, 6.07) is -0.0258. The Hall–Kier alpha value is -1.50. The van der Waals surface area contributed by atoms with Crippen molar-refractivity contribution in [3.8, 4) is 0 Å². The SMILES string of the molecule is CCOC(=O)C(F)(F)C(O)c1cnn(C(C)C)c1. The minimum Gasteiger partial charge on any atom is -0.461 e. The monoisotopic (exact) mass is 262 g/mol. The highest BCUT2D eigenvalue weighted by Gasteiger charge is 2.49. The highest BCUT2D eigenvalue weighted by molar-refractivity contribution is 5.78. The molecule has 1 heterocycles. The van der Waals surface area contributed by atoms with Gasteiger partial charge in [-0.1, -0.05) is 0 Å². The van der Waals surface area contributed by atoms with Gasteiger partial charge in [0.05, 0.1) is 12.8 Å².